The minimum absolute atomic E-state index is 0. The van der Waals surface area contributed by atoms with Crippen LogP contribution in [0.3, 0.4) is 0 Å². The first-order valence-electron chi connectivity index (χ1n) is 11.3. The Morgan fingerprint density at radius 3 is 1.09 bits per heavy atom. The monoisotopic (exact) mass is 582 g/mol. The van der Waals surface area contributed by atoms with Crippen molar-refractivity contribution in [1.82, 2.24) is 0 Å². The van der Waals surface area contributed by atoms with E-state index in [1.807, 2.05) is 0 Å². The molecule has 2 aromatic rings. The smallest absolute Gasteiger partial charge is 1.00 e. The zero-order valence-corrected chi connectivity index (χ0v) is 26.5. The molecular formula is C30H34Cl2SiZr. The summed E-state index contributed by atoms with van der Waals surface area (Å²) in [4.78, 5) is 0. The van der Waals surface area contributed by atoms with E-state index in [-0.39, 0.29) is 61.1 Å². The maximum Gasteiger partial charge on any atom is 4.00 e. The van der Waals surface area contributed by atoms with Gasteiger partial charge in [-0.25, -0.2) is 11.1 Å². The zero-order chi connectivity index (χ0) is 22.6. The van der Waals surface area contributed by atoms with Crippen LogP contribution in [-0.4, -0.2) is 8.07 Å². The topological polar surface area (TPSA) is 0 Å². The van der Waals surface area contributed by atoms with Crippen molar-refractivity contribution < 1.29 is 51.0 Å². The standard InChI is InChI=1S/C30H34Si.2ClH.Zr/c1-21-19-29(7,25(5)23(21)3)31(27-15-11-9-12-16-27,28-17-13-10-14-18-28)30(8)20-22(2)24(4)26(30)6;;;/h9-18H,1-8H3;2*1H;/q-2;;;+4/p-2. The van der Waals surface area contributed by atoms with Crippen LogP contribution in [0.1, 0.15) is 55.4 Å². The van der Waals surface area contributed by atoms with Crippen LogP contribution in [0, 0.1) is 12.2 Å². The van der Waals surface area contributed by atoms with Crippen molar-refractivity contribution in [3.63, 3.8) is 0 Å². The predicted octanol–water partition coefficient (Wildman–Crippen LogP) is 0.975. The van der Waals surface area contributed by atoms with E-state index in [0.29, 0.717) is 0 Å². The fourth-order valence-corrected chi connectivity index (χ4v) is 13.7. The fraction of sp³-hybridized carbons (Fsp3) is 0.333. The Balaban J connectivity index is 0.00000193. The Kier molecular flexibility index (Phi) is 10.1. The average molecular weight is 585 g/mol. The quantitative estimate of drug-likeness (QED) is 0.372. The second-order valence-corrected chi connectivity index (χ2v) is 14.4. The third-order valence-electron chi connectivity index (χ3n) is 8.54. The molecule has 176 valence electrons. The summed E-state index contributed by atoms with van der Waals surface area (Å²) in [5, 5.41) is 2.54. The van der Waals surface area contributed by atoms with E-state index >= 15 is 0 Å². The van der Waals surface area contributed by atoms with Gasteiger partial charge in [-0.2, -0.15) is 22.3 Å². The summed E-state index contributed by atoms with van der Waals surface area (Å²) < 4.78 is 0. The molecule has 0 aliphatic heterocycles. The van der Waals surface area contributed by atoms with Gasteiger partial charge in [0.1, 0.15) is 8.07 Å². The molecule has 2 aromatic carbocycles. The van der Waals surface area contributed by atoms with Crippen LogP contribution in [-0.2, 0) is 26.2 Å². The number of hydrogen-bond acceptors (Lipinski definition) is 0. The van der Waals surface area contributed by atoms with Crippen LogP contribution >= 0.6 is 0 Å². The van der Waals surface area contributed by atoms with Gasteiger partial charge >= 0.3 is 26.2 Å². The van der Waals surface area contributed by atoms with Crippen molar-refractivity contribution in [1.29, 1.82) is 0 Å². The third kappa shape index (κ3) is 4.07. The van der Waals surface area contributed by atoms with Gasteiger partial charge in [-0.05, 0) is 0 Å². The molecule has 34 heavy (non-hydrogen) atoms. The molecule has 4 rings (SSSR count). The van der Waals surface area contributed by atoms with Crippen LogP contribution in [0.2, 0.25) is 10.1 Å². The molecular weight excluding hydrogens is 551 g/mol. The molecule has 0 nitrogen and oxygen atoms in total. The third-order valence-corrected chi connectivity index (χ3v) is 14.9. The van der Waals surface area contributed by atoms with Gasteiger partial charge in [0.2, 0.25) is 0 Å². The van der Waals surface area contributed by atoms with E-state index in [1.54, 1.807) is 0 Å². The molecule has 0 spiro atoms. The summed E-state index contributed by atoms with van der Waals surface area (Å²) in [6.45, 7) is 18.6. The molecule has 0 amide bonds. The van der Waals surface area contributed by atoms with Gasteiger partial charge in [0.25, 0.3) is 0 Å². The Hall–Kier alpha value is -0.920. The van der Waals surface area contributed by atoms with E-state index < -0.39 is 8.07 Å². The molecule has 0 radical (unpaired) electrons. The van der Waals surface area contributed by atoms with E-state index in [0.717, 1.165) is 0 Å². The van der Waals surface area contributed by atoms with E-state index in [1.165, 1.54) is 43.8 Å². The Morgan fingerprint density at radius 1 is 0.559 bits per heavy atom. The summed E-state index contributed by atoms with van der Waals surface area (Å²) in [5.41, 5.74) is 8.30. The minimum Gasteiger partial charge on any atom is -1.00 e. The maximum atomic E-state index is 4.05. The normalized spacial score (nSPS) is 24.1. The number of hydrogen-bond donors (Lipinski definition) is 0. The molecule has 0 bridgehead atoms. The van der Waals surface area contributed by atoms with Gasteiger partial charge in [-0.15, -0.1) is 13.8 Å². The molecule has 0 saturated carbocycles. The number of halogens is 2. The van der Waals surface area contributed by atoms with Crippen LogP contribution in [0.15, 0.2) is 94.1 Å². The minimum atomic E-state index is -2.60. The summed E-state index contributed by atoms with van der Waals surface area (Å²) in [7, 11) is -2.60. The van der Waals surface area contributed by atoms with E-state index in [2.05, 4.69) is 128 Å². The molecule has 4 heteroatoms. The largest absolute Gasteiger partial charge is 4.00 e. The summed E-state index contributed by atoms with van der Waals surface area (Å²) >= 11 is 0. The number of benzene rings is 2. The van der Waals surface area contributed by atoms with Gasteiger partial charge < -0.3 is 24.8 Å². The Labute approximate surface area is 239 Å². The first-order valence-corrected chi connectivity index (χ1v) is 13.3. The number of allylic oxidation sites excluding steroid dienone is 8. The zero-order valence-electron chi connectivity index (χ0n) is 21.5. The van der Waals surface area contributed by atoms with Crippen LogP contribution in [0.25, 0.3) is 0 Å². The maximum absolute atomic E-state index is 4.05. The predicted molar refractivity (Wildman–Crippen MR) is 136 cm³/mol. The molecule has 0 aromatic heterocycles. The van der Waals surface area contributed by atoms with Gasteiger partial charge in [-0.1, -0.05) is 123 Å². The molecule has 2 unspecified atom stereocenters. The molecule has 0 saturated heterocycles. The van der Waals surface area contributed by atoms with E-state index in [4.69, 9.17) is 0 Å². The van der Waals surface area contributed by atoms with Crippen molar-refractivity contribution in [2.45, 2.75) is 65.5 Å². The van der Waals surface area contributed by atoms with Gasteiger partial charge in [0, 0.05) is 0 Å². The molecule has 2 aliphatic rings. The Bertz CT molecular complexity index is 1070. The summed E-state index contributed by atoms with van der Waals surface area (Å²) in [6.07, 6.45) is 8.10. The first-order chi connectivity index (χ1) is 14.6. The summed E-state index contributed by atoms with van der Waals surface area (Å²) in [5.74, 6) is 0. The van der Waals surface area contributed by atoms with Crippen molar-refractivity contribution in [3.05, 3.63) is 106 Å². The van der Waals surface area contributed by atoms with E-state index in [9.17, 15) is 0 Å². The average Bonchev–Trinajstić information content (AvgIpc) is 3.09. The second kappa shape index (κ2) is 11.0. The molecule has 2 atom stereocenters. The first kappa shape index (κ1) is 31.1. The van der Waals surface area contributed by atoms with Gasteiger partial charge in [-0.3, -0.25) is 12.2 Å². The molecule has 2 aliphatic carbocycles. The van der Waals surface area contributed by atoms with Gasteiger partial charge in [0.15, 0.2) is 0 Å². The van der Waals surface area contributed by atoms with Crippen molar-refractivity contribution >= 4 is 18.4 Å². The fourth-order valence-electron chi connectivity index (χ4n) is 6.39. The SMILES string of the molecule is CC1=[C-]C(C)([Si](c2ccccc2)(c2ccccc2)C2(C)[C-]=C(C)C(C)=C2C)C(C)=C1C.[Cl-].[Cl-].[Zr+4]. The molecule has 0 heterocycles. The van der Waals surface area contributed by atoms with Gasteiger partial charge in [0.05, 0.1) is 0 Å². The van der Waals surface area contributed by atoms with Crippen molar-refractivity contribution in [2.75, 3.05) is 0 Å². The molecule has 0 N–H and O–H groups in total. The van der Waals surface area contributed by atoms with Crippen molar-refractivity contribution in [2.24, 2.45) is 0 Å². The van der Waals surface area contributed by atoms with Crippen LogP contribution in [0.5, 0.6) is 0 Å². The second-order valence-electron chi connectivity index (χ2n) is 9.73. The number of rotatable bonds is 4. The van der Waals surface area contributed by atoms with Crippen molar-refractivity contribution in [3.8, 4) is 0 Å². The Morgan fingerprint density at radius 2 is 0.853 bits per heavy atom. The van der Waals surface area contributed by atoms with Crippen LogP contribution < -0.4 is 35.2 Å². The summed E-state index contributed by atoms with van der Waals surface area (Å²) in [6, 6.07) is 22.6. The molecule has 0 fully saturated rings. The van der Waals surface area contributed by atoms with Crippen LogP contribution in [0.4, 0.5) is 0 Å².